The molecule has 2 aromatic carbocycles. The van der Waals surface area contributed by atoms with Crippen LogP contribution in [-0.2, 0) is 16.1 Å². The molecule has 0 heterocycles. The third kappa shape index (κ3) is 6.23. The fourth-order valence-electron chi connectivity index (χ4n) is 2.56. The maximum absolute atomic E-state index is 12.8. The van der Waals surface area contributed by atoms with Crippen molar-refractivity contribution in [2.24, 2.45) is 0 Å². The van der Waals surface area contributed by atoms with Crippen molar-refractivity contribution < 1.29 is 9.59 Å². The van der Waals surface area contributed by atoms with E-state index < -0.39 is 0 Å². The normalized spacial score (nSPS) is 11.7. The van der Waals surface area contributed by atoms with E-state index in [4.69, 9.17) is 0 Å². The summed E-state index contributed by atoms with van der Waals surface area (Å²) >= 11 is 1.52. The molecule has 4 nitrogen and oxygen atoms in total. The fourth-order valence-corrected chi connectivity index (χ4v) is 3.34. The Morgan fingerprint density at radius 2 is 1.73 bits per heavy atom. The van der Waals surface area contributed by atoms with Crippen LogP contribution in [0, 0.1) is 0 Å². The highest BCUT2D eigenvalue weighted by Crippen LogP contribution is 2.22. The SMILES string of the molecule is CC[C@@H](C)N(Cc1ccccc1)C(=O)CSc1ccc(NC(C)=O)cc1. The van der Waals surface area contributed by atoms with Crippen molar-refractivity contribution >= 4 is 29.3 Å². The predicted octanol–water partition coefficient (Wildman–Crippen LogP) is 4.56. The van der Waals surface area contributed by atoms with E-state index in [-0.39, 0.29) is 17.9 Å². The number of hydrogen-bond acceptors (Lipinski definition) is 3. The number of carbonyl (C=O) groups is 2. The molecule has 0 bridgehead atoms. The summed E-state index contributed by atoms with van der Waals surface area (Å²) in [6.07, 6.45) is 0.925. The molecular weight excluding hydrogens is 344 g/mol. The van der Waals surface area contributed by atoms with Crippen molar-refractivity contribution in [1.29, 1.82) is 0 Å². The van der Waals surface area contributed by atoms with Crippen LogP contribution in [-0.4, -0.2) is 28.5 Å². The lowest BCUT2D eigenvalue weighted by Gasteiger charge is -2.28. The summed E-state index contributed by atoms with van der Waals surface area (Å²) in [6, 6.07) is 17.8. The Hall–Kier alpha value is -2.27. The molecule has 0 aliphatic rings. The molecule has 0 fully saturated rings. The van der Waals surface area contributed by atoms with Gasteiger partial charge in [0.25, 0.3) is 0 Å². The Morgan fingerprint density at radius 3 is 2.31 bits per heavy atom. The molecule has 2 aromatic rings. The number of carbonyl (C=O) groups excluding carboxylic acids is 2. The van der Waals surface area contributed by atoms with Crippen LogP contribution in [0.1, 0.15) is 32.8 Å². The Morgan fingerprint density at radius 1 is 1.08 bits per heavy atom. The third-order valence-electron chi connectivity index (χ3n) is 4.18. The van der Waals surface area contributed by atoms with E-state index in [1.54, 1.807) is 0 Å². The second-order valence-electron chi connectivity index (χ2n) is 6.26. The summed E-state index contributed by atoms with van der Waals surface area (Å²) < 4.78 is 0. The van der Waals surface area contributed by atoms with Crippen molar-refractivity contribution in [2.45, 2.75) is 44.7 Å². The van der Waals surface area contributed by atoms with E-state index >= 15 is 0 Å². The van der Waals surface area contributed by atoms with Crippen molar-refractivity contribution in [3.63, 3.8) is 0 Å². The molecule has 138 valence electrons. The van der Waals surface area contributed by atoms with E-state index in [1.165, 1.54) is 18.7 Å². The van der Waals surface area contributed by atoms with Crippen LogP contribution in [0.2, 0.25) is 0 Å². The molecule has 0 saturated heterocycles. The minimum Gasteiger partial charge on any atom is -0.335 e. The number of rotatable bonds is 8. The van der Waals surface area contributed by atoms with Gasteiger partial charge in [0, 0.05) is 30.1 Å². The third-order valence-corrected chi connectivity index (χ3v) is 5.17. The molecule has 2 amide bonds. The lowest BCUT2D eigenvalue weighted by atomic mass is 10.1. The minimum atomic E-state index is -0.0920. The van der Waals surface area contributed by atoms with Gasteiger partial charge in [-0.2, -0.15) is 0 Å². The largest absolute Gasteiger partial charge is 0.335 e. The molecule has 5 heteroatoms. The second-order valence-corrected chi connectivity index (χ2v) is 7.31. The van der Waals surface area contributed by atoms with Gasteiger partial charge in [-0.05, 0) is 43.2 Å². The van der Waals surface area contributed by atoms with Crippen LogP contribution in [0.4, 0.5) is 5.69 Å². The number of thioether (sulfide) groups is 1. The van der Waals surface area contributed by atoms with Crippen LogP contribution >= 0.6 is 11.8 Å². The summed E-state index contributed by atoms with van der Waals surface area (Å²) in [6.45, 7) is 6.31. The molecule has 1 atom stereocenters. The van der Waals surface area contributed by atoms with Gasteiger partial charge in [-0.15, -0.1) is 11.8 Å². The van der Waals surface area contributed by atoms with Crippen molar-refractivity contribution in [3.8, 4) is 0 Å². The van der Waals surface area contributed by atoms with Gasteiger partial charge in [-0.25, -0.2) is 0 Å². The molecule has 0 aliphatic carbocycles. The highest BCUT2D eigenvalue weighted by Gasteiger charge is 2.19. The fraction of sp³-hybridized carbons (Fsp3) is 0.333. The Bertz CT molecular complexity index is 717. The summed E-state index contributed by atoms with van der Waals surface area (Å²) in [7, 11) is 0. The molecule has 2 rings (SSSR count). The zero-order chi connectivity index (χ0) is 18.9. The topological polar surface area (TPSA) is 49.4 Å². The van der Waals surface area contributed by atoms with Crippen LogP contribution in [0.25, 0.3) is 0 Å². The molecule has 0 spiro atoms. The van der Waals surface area contributed by atoms with E-state index in [1.807, 2.05) is 47.4 Å². The van der Waals surface area contributed by atoms with Crippen molar-refractivity contribution in [3.05, 3.63) is 60.2 Å². The second kappa shape index (κ2) is 10.0. The van der Waals surface area contributed by atoms with Gasteiger partial charge in [0.05, 0.1) is 5.75 Å². The zero-order valence-electron chi connectivity index (χ0n) is 15.6. The summed E-state index contributed by atoms with van der Waals surface area (Å²) in [5, 5.41) is 2.74. The van der Waals surface area contributed by atoms with Gasteiger partial charge in [0.15, 0.2) is 0 Å². The Labute approximate surface area is 160 Å². The first-order valence-corrected chi connectivity index (χ1v) is 9.82. The first-order valence-electron chi connectivity index (χ1n) is 8.83. The number of nitrogens with one attached hydrogen (secondary N) is 1. The molecular formula is C21H26N2O2S. The van der Waals surface area contributed by atoms with Gasteiger partial charge < -0.3 is 10.2 Å². The lowest BCUT2D eigenvalue weighted by Crippen LogP contribution is -2.38. The van der Waals surface area contributed by atoms with E-state index in [2.05, 4.69) is 31.3 Å². The monoisotopic (exact) mass is 370 g/mol. The first-order chi connectivity index (χ1) is 12.5. The van der Waals surface area contributed by atoms with Gasteiger partial charge in [-0.1, -0.05) is 37.3 Å². The highest BCUT2D eigenvalue weighted by molar-refractivity contribution is 8.00. The Balaban J connectivity index is 1.97. The quantitative estimate of drug-likeness (QED) is 0.693. The summed E-state index contributed by atoms with van der Waals surface area (Å²) in [5.41, 5.74) is 1.91. The zero-order valence-corrected chi connectivity index (χ0v) is 16.4. The maximum Gasteiger partial charge on any atom is 0.233 e. The van der Waals surface area contributed by atoms with Gasteiger partial charge >= 0.3 is 0 Å². The van der Waals surface area contributed by atoms with Crippen LogP contribution in [0.5, 0.6) is 0 Å². The van der Waals surface area contributed by atoms with Crippen LogP contribution < -0.4 is 5.32 Å². The first kappa shape index (κ1) is 20.0. The molecule has 0 radical (unpaired) electrons. The maximum atomic E-state index is 12.8. The number of anilines is 1. The Kier molecular flexibility index (Phi) is 7.73. The number of hydrogen-bond donors (Lipinski definition) is 1. The molecule has 0 saturated carbocycles. The van der Waals surface area contributed by atoms with E-state index in [0.717, 1.165) is 22.6 Å². The predicted molar refractivity (Wildman–Crippen MR) is 108 cm³/mol. The molecule has 26 heavy (non-hydrogen) atoms. The number of benzene rings is 2. The van der Waals surface area contributed by atoms with E-state index in [0.29, 0.717) is 12.3 Å². The van der Waals surface area contributed by atoms with Crippen molar-refractivity contribution in [2.75, 3.05) is 11.1 Å². The van der Waals surface area contributed by atoms with Gasteiger partial charge in [0.1, 0.15) is 0 Å². The molecule has 0 aromatic heterocycles. The summed E-state index contributed by atoms with van der Waals surface area (Å²) in [4.78, 5) is 26.8. The highest BCUT2D eigenvalue weighted by atomic mass is 32.2. The van der Waals surface area contributed by atoms with Gasteiger partial charge in [-0.3, -0.25) is 9.59 Å². The summed E-state index contributed by atoms with van der Waals surface area (Å²) in [5.74, 6) is 0.446. The molecule has 1 N–H and O–H groups in total. The van der Waals surface area contributed by atoms with Crippen LogP contribution in [0.3, 0.4) is 0 Å². The van der Waals surface area contributed by atoms with Crippen LogP contribution in [0.15, 0.2) is 59.5 Å². The minimum absolute atomic E-state index is 0.0920. The smallest absolute Gasteiger partial charge is 0.233 e. The number of amides is 2. The molecule has 0 aliphatic heterocycles. The van der Waals surface area contributed by atoms with Gasteiger partial charge in [0.2, 0.25) is 11.8 Å². The molecule has 0 unspecified atom stereocenters. The average Bonchev–Trinajstić information content (AvgIpc) is 2.65. The lowest BCUT2D eigenvalue weighted by molar-refractivity contribution is -0.131. The van der Waals surface area contributed by atoms with Crippen molar-refractivity contribution in [1.82, 2.24) is 4.90 Å². The standard InChI is InChI=1S/C21H26N2O2S/c1-4-16(2)23(14-18-8-6-5-7-9-18)21(25)15-26-20-12-10-19(11-13-20)22-17(3)24/h5-13,16H,4,14-15H2,1-3H3,(H,22,24)/t16-/m1/s1. The van der Waals surface area contributed by atoms with E-state index in [9.17, 15) is 9.59 Å². The average molecular weight is 371 g/mol. The number of nitrogens with zero attached hydrogens (tertiary/aromatic N) is 1.